The van der Waals surface area contributed by atoms with Gasteiger partial charge in [0.2, 0.25) is 0 Å². The minimum Gasteiger partial charge on any atom is -0.467 e. The van der Waals surface area contributed by atoms with Crippen LogP contribution < -0.4 is 35.2 Å². The Morgan fingerprint density at radius 3 is 1.51 bits per heavy atom. The molecule has 18 nitrogen and oxygen atoms in total. The van der Waals surface area contributed by atoms with Crippen LogP contribution in [0.25, 0.3) is 0 Å². The van der Waals surface area contributed by atoms with E-state index < -0.39 is 34.8 Å². The number of carbonyl (C=O) groups excluding carboxylic acids is 5. The molecule has 18 heteroatoms. The van der Waals surface area contributed by atoms with Crippen molar-refractivity contribution >= 4 is 41.3 Å². The van der Waals surface area contributed by atoms with E-state index in [1.807, 2.05) is 0 Å². The summed E-state index contributed by atoms with van der Waals surface area (Å²) < 4.78 is 15.1. The molecular formula is C29H38N10O8. The summed E-state index contributed by atoms with van der Waals surface area (Å²) in [6.07, 6.45) is 6.91. The van der Waals surface area contributed by atoms with Crippen LogP contribution in [-0.2, 0) is 14.3 Å². The van der Waals surface area contributed by atoms with Gasteiger partial charge in [0.25, 0.3) is 11.8 Å². The first-order valence-electron chi connectivity index (χ1n) is 15.1. The molecule has 0 unspecified atom stereocenters. The highest BCUT2D eigenvalue weighted by atomic mass is 16.6. The smallest absolute Gasteiger partial charge is 0.410 e. The van der Waals surface area contributed by atoms with Crippen LogP contribution >= 0.6 is 0 Å². The number of nitrogens with one attached hydrogen (secondary N) is 3. The van der Waals surface area contributed by atoms with E-state index in [-0.39, 0.29) is 29.5 Å². The Morgan fingerprint density at radius 1 is 0.723 bits per heavy atom. The molecule has 0 atom stereocenters. The molecule has 47 heavy (non-hydrogen) atoms. The summed E-state index contributed by atoms with van der Waals surface area (Å²) >= 11 is 0. The van der Waals surface area contributed by atoms with Crippen LogP contribution in [0.5, 0.6) is 12.0 Å². The van der Waals surface area contributed by atoms with Crippen molar-refractivity contribution in [3.8, 4) is 12.0 Å². The molecule has 4 saturated heterocycles. The SMILES string of the molecule is COc1ncc(N2C(=O)NC3(CCN(C(=O)OC(C)(C)C)CC3)C2=O)cn1.COc1ncc(N2C(=O)NC3(CCNCC3)C2=O)cn1. The van der Waals surface area contributed by atoms with Gasteiger partial charge >= 0.3 is 30.2 Å². The van der Waals surface area contributed by atoms with Gasteiger partial charge in [-0.2, -0.15) is 0 Å². The van der Waals surface area contributed by atoms with E-state index in [1.165, 1.54) is 39.0 Å². The number of hydrogen-bond donors (Lipinski definition) is 3. The maximum absolute atomic E-state index is 13.0. The second-order valence-electron chi connectivity index (χ2n) is 12.4. The van der Waals surface area contributed by atoms with Crippen molar-refractivity contribution in [2.45, 2.75) is 63.1 Å². The van der Waals surface area contributed by atoms with Gasteiger partial charge in [-0.15, -0.1) is 0 Å². The van der Waals surface area contributed by atoms with Crippen LogP contribution in [0.2, 0.25) is 0 Å². The van der Waals surface area contributed by atoms with Crippen molar-refractivity contribution in [1.29, 1.82) is 0 Å². The van der Waals surface area contributed by atoms with Gasteiger partial charge < -0.3 is 35.1 Å². The molecule has 4 aliphatic rings. The predicted molar refractivity (Wildman–Crippen MR) is 164 cm³/mol. The Hall–Kier alpha value is -5.13. The topological polar surface area (TPSA) is 210 Å². The van der Waals surface area contributed by atoms with E-state index in [1.54, 1.807) is 25.7 Å². The number of ether oxygens (including phenoxy) is 3. The van der Waals surface area contributed by atoms with Crippen LogP contribution in [0, 0.1) is 0 Å². The zero-order valence-electron chi connectivity index (χ0n) is 26.9. The molecule has 0 aromatic carbocycles. The van der Waals surface area contributed by atoms with Gasteiger partial charge in [-0.05, 0) is 59.5 Å². The number of nitrogens with zero attached hydrogens (tertiary/aromatic N) is 7. The fourth-order valence-corrected chi connectivity index (χ4v) is 5.70. The second-order valence-corrected chi connectivity index (χ2v) is 12.4. The molecule has 0 radical (unpaired) electrons. The zero-order chi connectivity index (χ0) is 34.0. The third-order valence-corrected chi connectivity index (χ3v) is 8.16. The van der Waals surface area contributed by atoms with E-state index in [2.05, 4.69) is 35.9 Å². The molecule has 0 aliphatic carbocycles. The Balaban J connectivity index is 0.000000193. The lowest BCUT2D eigenvalue weighted by Crippen LogP contribution is -2.56. The van der Waals surface area contributed by atoms with Crippen molar-refractivity contribution in [3.63, 3.8) is 0 Å². The van der Waals surface area contributed by atoms with E-state index in [0.29, 0.717) is 57.5 Å². The molecular weight excluding hydrogens is 616 g/mol. The van der Waals surface area contributed by atoms with E-state index in [0.717, 1.165) is 9.80 Å². The van der Waals surface area contributed by atoms with Crippen molar-refractivity contribution in [1.82, 2.24) is 40.8 Å². The number of urea groups is 2. The summed E-state index contributed by atoms with van der Waals surface area (Å²) in [5.41, 5.74) is -1.79. The maximum atomic E-state index is 13.0. The molecule has 4 aliphatic heterocycles. The number of amides is 7. The summed E-state index contributed by atoms with van der Waals surface area (Å²) in [7, 11) is 2.88. The number of carbonyl (C=O) groups is 5. The van der Waals surface area contributed by atoms with E-state index >= 15 is 0 Å². The highest BCUT2D eigenvalue weighted by Gasteiger charge is 2.54. The third-order valence-electron chi connectivity index (χ3n) is 8.16. The van der Waals surface area contributed by atoms with Gasteiger partial charge in [0.1, 0.15) is 16.7 Å². The molecule has 4 fully saturated rings. The van der Waals surface area contributed by atoms with Crippen molar-refractivity contribution in [2.24, 2.45) is 0 Å². The lowest BCUT2D eigenvalue weighted by molar-refractivity contribution is -0.124. The normalized spacial score (nSPS) is 20.1. The maximum Gasteiger partial charge on any atom is 0.410 e. The molecule has 0 saturated carbocycles. The minimum absolute atomic E-state index is 0.145. The first-order valence-corrected chi connectivity index (χ1v) is 15.1. The summed E-state index contributed by atoms with van der Waals surface area (Å²) in [6, 6.07) is -0.617. The molecule has 2 spiro atoms. The van der Waals surface area contributed by atoms with Gasteiger partial charge in [-0.3, -0.25) is 9.59 Å². The molecule has 7 amide bonds. The van der Waals surface area contributed by atoms with Crippen molar-refractivity contribution in [3.05, 3.63) is 24.8 Å². The fourth-order valence-electron chi connectivity index (χ4n) is 5.70. The molecule has 3 N–H and O–H groups in total. The van der Waals surface area contributed by atoms with Crippen LogP contribution in [0.3, 0.4) is 0 Å². The Morgan fingerprint density at radius 2 is 1.13 bits per heavy atom. The molecule has 2 aromatic rings. The standard InChI is InChI=1S/C17H23N5O5.C12H15N5O3/c1-16(2,3)27-15(25)21-7-5-17(6-8-21)12(23)22(14(24)20-17)11-9-18-13(26-4)19-10-11;1-20-10-14-6-8(7-15-10)17-9(18)12(16-11(17)19)2-4-13-5-3-12/h9-10H,5-8H2,1-4H3,(H,20,24);6-7,13H,2-5H2,1H3,(H,16,19). The summed E-state index contributed by atoms with van der Waals surface area (Å²) in [6.45, 7) is 7.43. The number of hydrogen-bond acceptors (Lipinski definition) is 13. The number of rotatable bonds is 4. The predicted octanol–water partition coefficient (Wildman–Crippen LogP) is 0.975. The van der Waals surface area contributed by atoms with Crippen LogP contribution in [-0.4, -0.2) is 112 Å². The van der Waals surface area contributed by atoms with E-state index in [4.69, 9.17) is 14.2 Å². The zero-order valence-corrected chi connectivity index (χ0v) is 26.9. The molecule has 2 aromatic heterocycles. The molecule has 6 heterocycles. The highest BCUT2D eigenvalue weighted by molar-refractivity contribution is 6.24. The Bertz CT molecular complexity index is 1510. The quantitative estimate of drug-likeness (QED) is 0.393. The summed E-state index contributed by atoms with van der Waals surface area (Å²) in [5.74, 6) is -0.608. The molecule has 252 valence electrons. The number of likely N-dealkylation sites (tertiary alicyclic amines) is 1. The Labute approximate surface area is 270 Å². The van der Waals surface area contributed by atoms with Crippen molar-refractivity contribution in [2.75, 3.05) is 50.2 Å². The number of anilines is 2. The minimum atomic E-state index is -1.03. The Kier molecular flexibility index (Phi) is 9.15. The first-order chi connectivity index (χ1) is 22.3. The molecule has 0 bridgehead atoms. The average molecular weight is 655 g/mol. The first kappa shape index (κ1) is 33.2. The number of imide groups is 2. The number of piperidine rings is 2. The third kappa shape index (κ3) is 6.72. The summed E-state index contributed by atoms with van der Waals surface area (Å²) in [4.78, 5) is 81.7. The average Bonchev–Trinajstić information content (AvgIpc) is 3.43. The monoisotopic (exact) mass is 654 g/mol. The van der Waals surface area contributed by atoms with Gasteiger partial charge in [-0.25, -0.2) is 44.1 Å². The fraction of sp³-hybridized carbons (Fsp3) is 0.552. The largest absolute Gasteiger partial charge is 0.467 e. The number of methoxy groups -OCH3 is 2. The van der Waals surface area contributed by atoms with Gasteiger partial charge in [0, 0.05) is 13.1 Å². The van der Waals surface area contributed by atoms with Crippen LogP contribution in [0.1, 0.15) is 46.5 Å². The molecule has 6 rings (SSSR count). The van der Waals surface area contributed by atoms with Gasteiger partial charge in [0.05, 0.1) is 50.4 Å². The van der Waals surface area contributed by atoms with E-state index in [9.17, 15) is 24.0 Å². The van der Waals surface area contributed by atoms with Crippen LogP contribution in [0.4, 0.5) is 25.8 Å². The highest BCUT2D eigenvalue weighted by Crippen LogP contribution is 2.33. The summed E-state index contributed by atoms with van der Waals surface area (Å²) in [5, 5.41) is 8.76. The lowest BCUT2D eigenvalue weighted by Gasteiger charge is -2.37. The van der Waals surface area contributed by atoms with Crippen molar-refractivity contribution < 1.29 is 38.2 Å². The van der Waals surface area contributed by atoms with Gasteiger partial charge in [0.15, 0.2) is 0 Å². The number of aromatic nitrogens is 4. The van der Waals surface area contributed by atoms with Crippen LogP contribution in [0.15, 0.2) is 24.8 Å². The van der Waals surface area contributed by atoms with Gasteiger partial charge in [-0.1, -0.05) is 0 Å². The lowest BCUT2D eigenvalue weighted by atomic mass is 9.87. The second kappa shape index (κ2) is 12.9.